The van der Waals surface area contributed by atoms with Crippen molar-refractivity contribution in [3.8, 4) is 0 Å². The van der Waals surface area contributed by atoms with E-state index in [0.717, 1.165) is 0 Å². The normalized spacial score (nSPS) is 15.1. The molecule has 0 aliphatic rings. The molecule has 0 N–H and O–H groups in total. The first kappa shape index (κ1) is 34.0. The third kappa shape index (κ3) is 4.47. The summed E-state index contributed by atoms with van der Waals surface area (Å²) in [7, 11) is 0. The van der Waals surface area contributed by atoms with Crippen LogP contribution in [0.1, 0.15) is 0 Å². The summed E-state index contributed by atoms with van der Waals surface area (Å²) in [4.78, 5) is 10.0. The molecule has 0 spiro atoms. The molecule has 0 bridgehead atoms. The summed E-state index contributed by atoms with van der Waals surface area (Å²) in [6.07, 6.45) is -12.5. The van der Waals surface area contributed by atoms with E-state index in [1.54, 1.807) is 0 Å². The van der Waals surface area contributed by atoms with Crippen LogP contribution in [0.4, 0.5) is 83.4 Å². The Kier molecular flexibility index (Phi) is 9.11. The molecule has 0 saturated heterocycles. The number of carboxylic acid groups (broad SMARTS) is 1. The Morgan fingerprint density at radius 1 is 0.485 bits per heavy atom. The maximum absolute atomic E-state index is 13.3. The number of aliphatic carboxylic acids is 1. The molecule has 190 valence electrons. The maximum atomic E-state index is 13.3. The second kappa shape index (κ2) is 8.83. The fourth-order valence-electron chi connectivity index (χ4n) is 1.64. The number of alkyl halides is 17. The van der Waals surface area contributed by atoms with Crippen molar-refractivity contribution in [2.24, 2.45) is 0 Å². The van der Waals surface area contributed by atoms with Crippen molar-refractivity contribution in [3.05, 3.63) is 11.7 Å². The van der Waals surface area contributed by atoms with E-state index in [1.807, 2.05) is 0 Å². The van der Waals surface area contributed by atoms with Gasteiger partial charge in [-0.25, -0.2) is 0 Å². The van der Waals surface area contributed by atoms with Gasteiger partial charge in [0.2, 0.25) is 0 Å². The van der Waals surface area contributed by atoms with Gasteiger partial charge in [-0.1, -0.05) is 0 Å². The third-order valence-electron chi connectivity index (χ3n) is 3.43. The van der Waals surface area contributed by atoms with E-state index >= 15 is 0 Å². The summed E-state index contributed by atoms with van der Waals surface area (Å²) in [6, 6.07) is 0. The largest absolute Gasteiger partial charge is 1.00 e. The number of carbonyl (C=O) groups is 1. The van der Waals surface area contributed by atoms with Crippen molar-refractivity contribution < 1.29 is 123 Å². The third-order valence-corrected chi connectivity index (χ3v) is 3.43. The summed E-state index contributed by atoms with van der Waals surface area (Å²) in [6.45, 7) is 0. The van der Waals surface area contributed by atoms with Gasteiger partial charge < -0.3 is 9.90 Å². The van der Waals surface area contributed by atoms with Gasteiger partial charge in [0.15, 0.2) is 0 Å². The number of carboxylic acids is 1. The Bertz CT molecular complexity index is 775. The number of carbonyl (C=O) groups excluding carboxylic acids is 1. The molecule has 0 aliphatic heterocycles. The van der Waals surface area contributed by atoms with Gasteiger partial charge in [0.05, 0.1) is 5.97 Å². The van der Waals surface area contributed by atoms with Crippen molar-refractivity contribution in [2.75, 3.05) is 0 Å². The predicted molar refractivity (Wildman–Crippen MR) is 54.9 cm³/mol. The molecule has 0 saturated carbocycles. The van der Waals surface area contributed by atoms with Crippen LogP contribution >= 0.6 is 0 Å². The SMILES string of the molecule is O=C([O-])C(=C(F)F)C(F)(F)C(F)(F)C(F)(F)C(F)(F)C(F)(F)C(F)(F)C(F)(F)C(F)(F)F.[Na+]. The first-order valence-electron chi connectivity index (χ1n) is 6.50. The van der Waals surface area contributed by atoms with Crippen LogP contribution in [0.15, 0.2) is 11.7 Å². The fourth-order valence-corrected chi connectivity index (χ4v) is 1.64. The Labute approximate surface area is 188 Å². The Morgan fingerprint density at radius 3 is 0.939 bits per heavy atom. The zero-order valence-corrected chi connectivity index (χ0v) is 16.5. The number of hydrogen-bond donors (Lipinski definition) is 0. The number of hydrogen-bond acceptors (Lipinski definition) is 2. The quantitative estimate of drug-likeness (QED) is 0.265. The van der Waals surface area contributed by atoms with Crippen LogP contribution in [-0.4, -0.2) is 53.6 Å². The molecular weight excluding hydrogens is 548 g/mol. The molecule has 0 aromatic rings. The van der Waals surface area contributed by atoms with Gasteiger partial charge in [-0.15, -0.1) is 0 Å². The zero-order chi connectivity index (χ0) is 26.7. The van der Waals surface area contributed by atoms with E-state index in [4.69, 9.17) is 0 Å². The molecule has 0 amide bonds. The van der Waals surface area contributed by atoms with Crippen molar-refractivity contribution in [3.63, 3.8) is 0 Å². The Hall–Kier alpha value is -1.12. The van der Waals surface area contributed by atoms with Crippen LogP contribution in [0.5, 0.6) is 0 Å². The summed E-state index contributed by atoms with van der Waals surface area (Å²) in [5.41, 5.74) is -4.56. The van der Waals surface area contributed by atoms with Crippen LogP contribution in [0, 0.1) is 0 Å². The minimum Gasteiger partial charge on any atom is -0.545 e. The van der Waals surface area contributed by atoms with E-state index in [1.165, 1.54) is 0 Å². The van der Waals surface area contributed by atoms with Gasteiger partial charge in [-0.2, -0.15) is 83.4 Å². The van der Waals surface area contributed by atoms with E-state index in [0.29, 0.717) is 0 Å². The molecule has 2 nitrogen and oxygen atoms in total. The molecule has 0 rings (SSSR count). The summed E-state index contributed by atoms with van der Waals surface area (Å²) in [5, 5.41) is 10.0. The average Bonchev–Trinajstić information content (AvgIpc) is 2.51. The van der Waals surface area contributed by atoms with Crippen LogP contribution in [0.3, 0.4) is 0 Å². The first-order chi connectivity index (χ1) is 13.5. The van der Waals surface area contributed by atoms with Crippen molar-refractivity contribution in [1.82, 2.24) is 0 Å². The topological polar surface area (TPSA) is 40.1 Å². The predicted octanol–water partition coefficient (Wildman–Crippen LogP) is 1.90. The van der Waals surface area contributed by atoms with Crippen molar-refractivity contribution in [1.29, 1.82) is 0 Å². The number of rotatable bonds is 8. The molecule has 0 aromatic heterocycles. The molecule has 0 atom stereocenters. The molecule has 0 fully saturated rings. The van der Waals surface area contributed by atoms with Gasteiger partial charge in [-0.05, 0) is 0 Å². The summed E-state index contributed by atoms with van der Waals surface area (Å²) >= 11 is 0. The van der Waals surface area contributed by atoms with Crippen LogP contribution in [0.25, 0.3) is 0 Å². The fraction of sp³-hybridized carbons (Fsp3) is 0.727. The monoisotopic (exact) mass is 548 g/mol. The van der Waals surface area contributed by atoms with E-state index in [2.05, 4.69) is 0 Å². The van der Waals surface area contributed by atoms with Crippen LogP contribution in [0.2, 0.25) is 0 Å². The molecule has 22 heteroatoms. The standard InChI is InChI=1S/C11HF19O2.Na/c12-2(13)1(3(31)32)4(14,15)5(16,17)6(18,19)7(20,21)8(22,23)9(24,25)10(26,27)11(28,29)30;/h(H,31,32);/q;+1/p-1. The Morgan fingerprint density at radius 2 is 0.727 bits per heavy atom. The smallest absolute Gasteiger partial charge is 0.545 e. The maximum Gasteiger partial charge on any atom is 1.00 e. The van der Waals surface area contributed by atoms with E-state index in [-0.39, 0.29) is 29.6 Å². The van der Waals surface area contributed by atoms with Gasteiger partial charge in [0, 0.05) is 0 Å². The van der Waals surface area contributed by atoms with Crippen molar-refractivity contribution in [2.45, 2.75) is 47.6 Å². The van der Waals surface area contributed by atoms with E-state index < -0.39 is 65.3 Å². The first-order valence-corrected chi connectivity index (χ1v) is 6.50. The number of halogens is 19. The molecule has 0 unspecified atom stereocenters. The van der Waals surface area contributed by atoms with Gasteiger partial charge >= 0.3 is 77.2 Å². The minimum absolute atomic E-state index is 0. The van der Waals surface area contributed by atoms with Crippen LogP contribution in [-0.2, 0) is 4.79 Å². The molecule has 0 heterocycles. The second-order valence-corrected chi connectivity index (χ2v) is 5.44. The minimum atomic E-state index is -9.01. The van der Waals surface area contributed by atoms with Gasteiger partial charge in [0.25, 0.3) is 6.08 Å². The van der Waals surface area contributed by atoms with Gasteiger partial charge in [-0.3, -0.25) is 0 Å². The van der Waals surface area contributed by atoms with E-state index in [9.17, 15) is 93.3 Å². The molecule has 33 heavy (non-hydrogen) atoms. The molecule has 0 radical (unpaired) electrons. The zero-order valence-electron chi connectivity index (χ0n) is 14.5. The average molecular weight is 548 g/mol. The van der Waals surface area contributed by atoms with Gasteiger partial charge in [0.1, 0.15) is 5.57 Å². The second-order valence-electron chi connectivity index (χ2n) is 5.44. The summed E-state index contributed by atoms with van der Waals surface area (Å²) in [5.74, 6) is -64.7. The molecule has 0 aliphatic carbocycles. The summed E-state index contributed by atoms with van der Waals surface area (Å²) < 4.78 is 243. The van der Waals surface area contributed by atoms with Crippen LogP contribution < -0.4 is 34.7 Å². The molecular formula is C11F19NaO2. The Balaban J connectivity index is 0. The van der Waals surface area contributed by atoms with Crippen molar-refractivity contribution >= 4 is 5.97 Å². The molecule has 0 aromatic carbocycles.